The fourth-order valence-corrected chi connectivity index (χ4v) is 4.28. The SMILES string of the molecule is CC1(Oc2cc(C(F)(F)F)ccc2F)CCN(C(=O)N2CC[C@@H]3OCC(=O)N[C@@H]3C2)C1. The van der Waals surface area contributed by atoms with Crippen molar-refractivity contribution in [2.75, 3.05) is 32.8 Å². The van der Waals surface area contributed by atoms with E-state index in [0.29, 0.717) is 44.6 Å². The molecule has 3 aliphatic heterocycles. The van der Waals surface area contributed by atoms with Gasteiger partial charge in [0.25, 0.3) is 0 Å². The van der Waals surface area contributed by atoms with Crippen LogP contribution in [0, 0.1) is 5.82 Å². The maximum absolute atomic E-state index is 14.1. The Morgan fingerprint density at radius 1 is 1.29 bits per heavy atom. The summed E-state index contributed by atoms with van der Waals surface area (Å²) in [5.41, 5.74) is -2.03. The molecule has 0 aliphatic carbocycles. The van der Waals surface area contributed by atoms with Gasteiger partial charge in [-0.2, -0.15) is 13.2 Å². The first-order valence-electron chi connectivity index (χ1n) is 10.0. The number of amides is 3. The number of ether oxygens (including phenoxy) is 2. The van der Waals surface area contributed by atoms with E-state index >= 15 is 0 Å². The molecule has 1 N–H and O–H groups in total. The molecule has 3 atom stereocenters. The maximum Gasteiger partial charge on any atom is 0.416 e. The van der Waals surface area contributed by atoms with E-state index in [-0.39, 0.29) is 37.2 Å². The lowest BCUT2D eigenvalue weighted by molar-refractivity contribution is -0.140. The van der Waals surface area contributed by atoms with Crippen LogP contribution in [0.15, 0.2) is 18.2 Å². The summed E-state index contributed by atoms with van der Waals surface area (Å²) in [6, 6.07) is 1.50. The topological polar surface area (TPSA) is 71.1 Å². The highest BCUT2D eigenvalue weighted by molar-refractivity contribution is 5.79. The number of alkyl halides is 3. The maximum atomic E-state index is 14.1. The molecule has 3 amide bonds. The molecule has 4 rings (SSSR count). The lowest BCUT2D eigenvalue weighted by atomic mass is 10.0. The number of nitrogens with one attached hydrogen (secondary N) is 1. The standard InChI is InChI=1S/C20H23F4N3O4/c1-19(31-16-8-12(20(22,23)24)2-3-13(16)21)5-7-27(11-19)18(29)26-6-4-15-14(9-26)25-17(28)10-30-15/h2-3,8,14-15H,4-7,9-11H2,1H3,(H,25,28)/t14-,15+,19?/m1/s1. The predicted molar refractivity (Wildman–Crippen MR) is 99.9 cm³/mol. The van der Waals surface area contributed by atoms with Crippen molar-refractivity contribution in [2.45, 2.75) is 43.7 Å². The molecule has 0 saturated carbocycles. The summed E-state index contributed by atoms with van der Waals surface area (Å²) in [7, 11) is 0. The van der Waals surface area contributed by atoms with Gasteiger partial charge in [-0.3, -0.25) is 4.79 Å². The van der Waals surface area contributed by atoms with Crippen LogP contribution in [0.5, 0.6) is 5.75 Å². The van der Waals surface area contributed by atoms with E-state index in [2.05, 4.69) is 5.32 Å². The average molecular weight is 445 g/mol. The predicted octanol–water partition coefficient (Wildman–Crippen LogP) is 2.40. The van der Waals surface area contributed by atoms with Crippen LogP contribution in [0.4, 0.5) is 22.4 Å². The smallest absolute Gasteiger partial charge is 0.416 e. The summed E-state index contributed by atoms with van der Waals surface area (Å²) in [4.78, 5) is 27.7. The number of benzene rings is 1. The number of likely N-dealkylation sites (tertiary alicyclic amines) is 2. The number of piperidine rings is 1. The molecular weight excluding hydrogens is 422 g/mol. The molecule has 3 saturated heterocycles. The third-order valence-corrected chi connectivity index (χ3v) is 5.92. The Labute approximate surface area is 176 Å². The zero-order chi connectivity index (χ0) is 22.4. The summed E-state index contributed by atoms with van der Waals surface area (Å²) in [5, 5.41) is 2.83. The highest BCUT2D eigenvalue weighted by atomic mass is 19.4. The van der Waals surface area contributed by atoms with Gasteiger partial charge in [-0.25, -0.2) is 9.18 Å². The number of halogens is 4. The number of urea groups is 1. The van der Waals surface area contributed by atoms with E-state index < -0.39 is 28.9 Å². The quantitative estimate of drug-likeness (QED) is 0.710. The van der Waals surface area contributed by atoms with Crippen molar-refractivity contribution in [3.63, 3.8) is 0 Å². The van der Waals surface area contributed by atoms with Gasteiger partial charge in [0.2, 0.25) is 5.91 Å². The largest absolute Gasteiger partial charge is 0.483 e. The monoisotopic (exact) mass is 445 g/mol. The first-order chi connectivity index (χ1) is 14.5. The van der Waals surface area contributed by atoms with Gasteiger partial charge in [-0.15, -0.1) is 0 Å². The molecule has 3 aliphatic rings. The number of fused-ring (bicyclic) bond motifs is 1. The number of carbonyl (C=O) groups excluding carboxylic acids is 2. The van der Waals surface area contributed by atoms with Gasteiger partial charge in [-0.05, 0) is 31.5 Å². The first-order valence-corrected chi connectivity index (χ1v) is 10.0. The molecule has 1 aromatic carbocycles. The minimum absolute atomic E-state index is 0.0169. The summed E-state index contributed by atoms with van der Waals surface area (Å²) in [5.74, 6) is -1.61. The van der Waals surface area contributed by atoms with Gasteiger partial charge in [0, 0.05) is 26.1 Å². The van der Waals surface area contributed by atoms with Gasteiger partial charge in [-0.1, -0.05) is 0 Å². The van der Waals surface area contributed by atoms with Crippen LogP contribution in [0.3, 0.4) is 0 Å². The molecule has 0 spiro atoms. The lowest BCUT2D eigenvalue weighted by Gasteiger charge is -2.42. The van der Waals surface area contributed by atoms with Crippen LogP contribution >= 0.6 is 0 Å². The van der Waals surface area contributed by atoms with E-state index in [0.717, 1.165) is 6.07 Å². The first kappa shape index (κ1) is 21.7. The minimum atomic E-state index is -4.62. The zero-order valence-electron chi connectivity index (χ0n) is 16.9. The van der Waals surface area contributed by atoms with Crippen molar-refractivity contribution in [1.29, 1.82) is 0 Å². The normalized spacial score (nSPS) is 28.9. The minimum Gasteiger partial charge on any atom is -0.483 e. The molecule has 11 heteroatoms. The molecule has 7 nitrogen and oxygen atoms in total. The fraction of sp³-hybridized carbons (Fsp3) is 0.600. The van der Waals surface area contributed by atoms with E-state index in [1.54, 1.807) is 11.8 Å². The van der Waals surface area contributed by atoms with Crippen LogP contribution in [0.25, 0.3) is 0 Å². The highest BCUT2D eigenvalue weighted by Gasteiger charge is 2.43. The molecule has 0 radical (unpaired) electrons. The van der Waals surface area contributed by atoms with Crippen molar-refractivity contribution >= 4 is 11.9 Å². The molecule has 1 unspecified atom stereocenters. The third kappa shape index (κ3) is 4.56. The Morgan fingerprint density at radius 3 is 2.81 bits per heavy atom. The molecule has 1 aromatic rings. The number of carbonyl (C=O) groups is 2. The van der Waals surface area contributed by atoms with Crippen LogP contribution in [0.2, 0.25) is 0 Å². The molecule has 3 heterocycles. The van der Waals surface area contributed by atoms with Gasteiger partial charge >= 0.3 is 12.2 Å². The molecule has 31 heavy (non-hydrogen) atoms. The Bertz CT molecular complexity index is 880. The molecular formula is C20H23F4N3O4. The number of hydrogen-bond acceptors (Lipinski definition) is 4. The van der Waals surface area contributed by atoms with Crippen molar-refractivity contribution in [3.8, 4) is 5.75 Å². The summed E-state index contributed by atoms with van der Waals surface area (Å²) in [6.45, 7) is 2.86. The Balaban J connectivity index is 1.40. The van der Waals surface area contributed by atoms with Crippen LogP contribution in [-0.4, -0.2) is 72.3 Å². The van der Waals surface area contributed by atoms with Crippen LogP contribution in [-0.2, 0) is 15.7 Å². The van der Waals surface area contributed by atoms with Gasteiger partial charge < -0.3 is 24.6 Å². The van der Waals surface area contributed by atoms with Gasteiger partial charge in [0.1, 0.15) is 12.2 Å². The molecule has 0 aromatic heterocycles. The Morgan fingerprint density at radius 2 is 2.06 bits per heavy atom. The van der Waals surface area contributed by atoms with E-state index in [1.165, 1.54) is 4.90 Å². The lowest BCUT2D eigenvalue weighted by Crippen LogP contribution is -2.62. The van der Waals surface area contributed by atoms with E-state index in [1.807, 2.05) is 0 Å². The van der Waals surface area contributed by atoms with Gasteiger partial charge in [0.15, 0.2) is 11.6 Å². The third-order valence-electron chi connectivity index (χ3n) is 5.92. The summed E-state index contributed by atoms with van der Waals surface area (Å²) >= 11 is 0. The van der Waals surface area contributed by atoms with Crippen LogP contribution in [0.1, 0.15) is 25.3 Å². The molecule has 0 bridgehead atoms. The van der Waals surface area contributed by atoms with Crippen LogP contribution < -0.4 is 10.1 Å². The summed E-state index contributed by atoms with van der Waals surface area (Å²) < 4.78 is 64.1. The zero-order valence-corrected chi connectivity index (χ0v) is 16.9. The van der Waals surface area contributed by atoms with Crippen molar-refractivity contribution in [1.82, 2.24) is 15.1 Å². The highest BCUT2D eigenvalue weighted by Crippen LogP contribution is 2.35. The number of hydrogen-bond donors (Lipinski definition) is 1. The number of morpholine rings is 1. The number of rotatable bonds is 2. The molecule has 3 fully saturated rings. The molecule has 170 valence electrons. The number of nitrogens with zero attached hydrogens (tertiary/aromatic N) is 2. The van der Waals surface area contributed by atoms with Crippen molar-refractivity contribution in [2.24, 2.45) is 0 Å². The fourth-order valence-electron chi connectivity index (χ4n) is 4.28. The summed E-state index contributed by atoms with van der Waals surface area (Å²) in [6.07, 6.45) is -3.81. The second-order valence-electron chi connectivity index (χ2n) is 8.41. The second kappa shape index (κ2) is 7.85. The van der Waals surface area contributed by atoms with E-state index in [4.69, 9.17) is 9.47 Å². The van der Waals surface area contributed by atoms with Crippen molar-refractivity contribution in [3.05, 3.63) is 29.6 Å². The van der Waals surface area contributed by atoms with Crippen molar-refractivity contribution < 1.29 is 36.6 Å². The van der Waals surface area contributed by atoms with E-state index in [9.17, 15) is 27.2 Å². The average Bonchev–Trinajstić information content (AvgIpc) is 3.09. The Kier molecular flexibility index (Phi) is 5.48. The second-order valence-corrected chi connectivity index (χ2v) is 8.41. The Hall–Kier alpha value is -2.56. The van der Waals surface area contributed by atoms with Gasteiger partial charge in [0.05, 0.1) is 24.3 Å².